The van der Waals surface area contributed by atoms with Gasteiger partial charge in [0.1, 0.15) is 0 Å². The van der Waals surface area contributed by atoms with Gasteiger partial charge in [0.2, 0.25) is 0 Å². The number of anilines is 1. The maximum atomic E-state index is 11.0. The molecule has 17 heavy (non-hydrogen) atoms. The Morgan fingerprint density at radius 1 is 1.53 bits per heavy atom. The number of hydrogen-bond acceptors (Lipinski definition) is 4. The molecule has 0 aliphatic rings. The van der Waals surface area contributed by atoms with E-state index in [9.17, 15) is 4.79 Å². The summed E-state index contributed by atoms with van der Waals surface area (Å²) in [5, 5.41) is 21.1. The topological polar surface area (TPSA) is 78.8 Å². The van der Waals surface area contributed by atoms with Crippen molar-refractivity contribution < 1.29 is 19.7 Å². The number of aromatic carboxylic acids is 1. The van der Waals surface area contributed by atoms with Crippen LogP contribution in [-0.4, -0.2) is 42.5 Å². The van der Waals surface area contributed by atoms with Gasteiger partial charge in [0.05, 0.1) is 24.8 Å². The van der Waals surface area contributed by atoms with Crippen LogP contribution in [-0.2, 0) is 4.74 Å². The number of nitrogens with one attached hydrogen (secondary N) is 1. The average molecular weight is 239 g/mol. The highest BCUT2D eigenvalue weighted by molar-refractivity contribution is 5.94. The Labute approximate surface area is 100 Å². The van der Waals surface area contributed by atoms with Gasteiger partial charge in [-0.25, -0.2) is 4.79 Å². The zero-order valence-corrected chi connectivity index (χ0v) is 9.93. The number of rotatable bonds is 6. The Balaban J connectivity index is 2.94. The van der Waals surface area contributed by atoms with Crippen LogP contribution in [0.1, 0.15) is 15.9 Å². The van der Waals surface area contributed by atoms with Crippen LogP contribution < -0.4 is 5.32 Å². The third kappa shape index (κ3) is 3.72. The molecule has 1 rings (SSSR count). The van der Waals surface area contributed by atoms with Crippen molar-refractivity contribution in [2.75, 3.05) is 25.6 Å². The zero-order valence-electron chi connectivity index (χ0n) is 9.93. The van der Waals surface area contributed by atoms with Crippen LogP contribution in [0, 0.1) is 6.92 Å². The molecule has 0 radical (unpaired) electrons. The van der Waals surface area contributed by atoms with Gasteiger partial charge in [-0.05, 0) is 24.6 Å². The first-order valence-corrected chi connectivity index (χ1v) is 5.28. The summed E-state index contributed by atoms with van der Waals surface area (Å²) in [6, 6.07) is 4.70. The van der Waals surface area contributed by atoms with Crippen molar-refractivity contribution >= 4 is 11.7 Å². The Bertz CT molecular complexity index is 392. The largest absolute Gasteiger partial charge is 0.478 e. The fourth-order valence-electron chi connectivity index (χ4n) is 1.53. The van der Waals surface area contributed by atoms with Gasteiger partial charge in [-0.3, -0.25) is 0 Å². The molecule has 0 saturated heterocycles. The van der Waals surface area contributed by atoms with Gasteiger partial charge in [-0.2, -0.15) is 0 Å². The lowest BCUT2D eigenvalue weighted by Gasteiger charge is -2.18. The van der Waals surface area contributed by atoms with Crippen LogP contribution in [0.5, 0.6) is 0 Å². The number of aryl methyl sites for hydroxylation is 1. The van der Waals surface area contributed by atoms with E-state index < -0.39 is 5.97 Å². The van der Waals surface area contributed by atoms with Gasteiger partial charge < -0.3 is 20.3 Å². The predicted molar refractivity (Wildman–Crippen MR) is 64.5 cm³/mol. The van der Waals surface area contributed by atoms with E-state index in [0.717, 1.165) is 5.56 Å². The van der Waals surface area contributed by atoms with Crippen LogP contribution in [0.15, 0.2) is 18.2 Å². The molecule has 0 aliphatic carbocycles. The van der Waals surface area contributed by atoms with Crippen LogP contribution in [0.25, 0.3) is 0 Å². The molecule has 1 aromatic carbocycles. The number of carboxylic acids is 1. The number of aliphatic hydroxyl groups is 1. The van der Waals surface area contributed by atoms with E-state index in [1.165, 1.54) is 7.11 Å². The third-order valence-corrected chi connectivity index (χ3v) is 2.35. The van der Waals surface area contributed by atoms with Crippen molar-refractivity contribution in [3.63, 3.8) is 0 Å². The second-order valence-electron chi connectivity index (χ2n) is 3.83. The summed E-state index contributed by atoms with van der Waals surface area (Å²) < 4.78 is 4.93. The first-order valence-electron chi connectivity index (χ1n) is 5.28. The molecule has 1 unspecified atom stereocenters. The van der Waals surface area contributed by atoms with Crippen LogP contribution >= 0.6 is 0 Å². The number of aliphatic hydroxyl groups excluding tert-OH is 1. The molecule has 5 nitrogen and oxygen atoms in total. The molecule has 0 bridgehead atoms. The highest BCUT2D eigenvalue weighted by atomic mass is 16.5. The molecular weight excluding hydrogens is 222 g/mol. The Hall–Kier alpha value is -1.59. The van der Waals surface area contributed by atoms with Gasteiger partial charge in [-0.1, -0.05) is 6.07 Å². The van der Waals surface area contributed by atoms with Crippen LogP contribution in [0.4, 0.5) is 5.69 Å². The first-order chi connectivity index (χ1) is 8.08. The zero-order chi connectivity index (χ0) is 12.8. The van der Waals surface area contributed by atoms with Gasteiger partial charge in [-0.15, -0.1) is 0 Å². The summed E-state index contributed by atoms with van der Waals surface area (Å²) in [6.07, 6.45) is 0. The highest BCUT2D eigenvalue weighted by Crippen LogP contribution is 2.18. The number of methoxy groups -OCH3 is 1. The molecule has 0 aromatic heterocycles. The van der Waals surface area contributed by atoms with E-state index in [1.807, 2.05) is 6.92 Å². The molecule has 0 aliphatic heterocycles. The van der Waals surface area contributed by atoms with Crippen LogP contribution in [0.3, 0.4) is 0 Å². The normalized spacial score (nSPS) is 12.2. The average Bonchev–Trinajstić information content (AvgIpc) is 2.28. The van der Waals surface area contributed by atoms with E-state index in [0.29, 0.717) is 12.3 Å². The maximum absolute atomic E-state index is 11.0. The molecule has 1 aromatic rings. The summed E-state index contributed by atoms with van der Waals surface area (Å²) in [5.74, 6) is -0.999. The molecule has 0 spiro atoms. The van der Waals surface area contributed by atoms with Crippen molar-refractivity contribution in [1.82, 2.24) is 0 Å². The molecular formula is C12H17NO4. The SMILES string of the molecule is COCC(CO)Nc1cc(C)ccc1C(=O)O. The second kappa shape index (κ2) is 6.22. The Morgan fingerprint density at radius 3 is 2.76 bits per heavy atom. The lowest BCUT2D eigenvalue weighted by Crippen LogP contribution is -2.29. The first kappa shape index (κ1) is 13.5. The second-order valence-corrected chi connectivity index (χ2v) is 3.83. The molecule has 0 heterocycles. The lowest BCUT2D eigenvalue weighted by atomic mass is 10.1. The molecule has 3 N–H and O–H groups in total. The van der Waals surface area contributed by atoms with E-state index in [1.54, 1.807) is 18.2 Å². The van der Waals surface area contributed by atoms with Crippen molar-refractivity contribution in [2.45, 2.75) is 13.0 Å². The summed E-state index contributed by atoms with van der Waals surface area (Å²) in [5.41, 5.74) is 1.63. The monoisotopic (exact) mass is 239 g/mol. The van der Waals surface area contributed by atoms with E-state index in [2.05, 4.69) is 5.32 Å². The van der Waals surface area contributed by atoms with E-state index >= 15 is 0 Å². The predicted octanol–water partition coefficient (Wildman–Crippen LogP) is 1.11. The summed E-state index contributed by atoms with van der Waals surface area (Å²) in [7, 11) is 1.53. The minimum absolute atomic E-state index is 0.124. The van der Waals surface area contributed by atoms with Gasteiger partial charge >= 0.3 is 5.97 Å². The molecule has 0 amide bonds. The van der Waals surface area contributed by atoms with Crippen molar-refractivity contribution in [2.24, 2.45) is 0 Å². The van der Waals surface area contributed by atoms with Crippen molar-refractivity contribution in [3.8, 4) is 0 Å². The van der Waals surface area contributed by atoms with Gasteiger partial charge in [0.15, 0.2) is 0 Å². The maximum Gasteiger partial charge on any atom is 0.337 e. The minimum Gasteiger partial charge on any atom is -0.478 e. The summed E-state index contributed by atoms with van der Waals surface area (Å²) in [4.78, 5) is 11.0. The number of ether oxygens (including phenoxy) is 1. The van der Waals surface area contributed by atoms with E-state index in [-0.39, 0.29) is 18.2 Å². The number of carbonyl (C=O) groups is 1. The third-order valence-electron chi connectivity index (χ3n) is 2.35. The highest BCUT2D eigenvalue weighted by Gasteiger charge is 2.13. The van der Waals surface area contributed by atoms with Crippen LogP contribution in [0.2, 0.25) is 0 Å². The summed E-state index contributed by atoms with van der Waals surface area (Å²) in [6.45, 7) is 2.06. The molecule has 0 fully saturated rings. The quantitative estimate of drug-likeness (QED) is 0.693. The standard InChI is InChI=1S/C12H17NO4/c1-8-3-4-10(12(15)16)11(5-8)13-9(6-14)7-17-2/h3-5,9,13-14H,6-7H2,1-2H3,(H,15,16). The number of carboxylic acid groups (broad SMARTS) is 1. The number of benzene rings is 1. The smallest absolute Gasteiger partial charge is 0.337 e. The molecule has 1 atom stereocenters. The van der Waals surface area contributed by atoms with Gasteiger partial charge in [0, 0.05) is 12.8 Å². The Kier molecular flexibility index (Phi) is 4.93. The van der Waals surface area contributed by atoms with E-state index in [4.69, 9.17) is 14.9 Å². The lowest BCUT2D eigenvalue weighted by molar-refractivity contribution is 0.0697. The number of hydrogen-bond donors (Lipinski definition) is 3. The van der Waals surface area contributed by atoms with Crippen molar-refractivity contribution in [3.05, 3.63) is 29.3 Å². The summed E-state index contributed by atoms with van der Waals surface area (Å²) >= 11 is 0. The fraction of sp³-hybridized carbons (Fsp3) is 0.417. The van der Waals surface area contributed by atoms with Crippen molar-refractivity contribution in [1.29, 1.82) is 0 Å². The Morgan fingerprint density at radius 2 is 2.24 bits per heavy atom. The minimum atomic E-state index is -0.999. The molecule has 5 heteroatoms. The molecule has 0 saturated carbocycles. The molecule has 94 valence electrons. The fourth-order valence-corrected chi connectivity index (χ4v) is 1.53. The van der Waals surface area contributed by atoms with Gasteiger partial charge in [0.25, 0.3) is 0 Å².